The van der Waals surface area contributed by atoms with Crippen molar-refractivity contribution in [3.05, 3.63) is 24.3 Å². The lowest BCUT2D eigenvalue weighted by Crippen LogP contribution is -2.00. The van der Waals surface area contributed by atoms with Crippen molar-refractivity contribution in [3.63, 3.8) is 0 Å². The summed E-state index contributed by atoms with van der Waals surface area (Å²) in [7, 11) is 0. The third-order valence-electron chi connectivity index (χ3n) is 0.952. The highest BCUT2D eigenvalue weighted by atomic mass is 16.2. The van der Waals surface area contributed by atoms with E-state index in [-0.39, 0.29) is 11.8 Å². The van der Waals surface area contributed by atoms with E-state index >= 15 is 0 Å². The number of Topliss-reactive ketones (excluding diaryl/α,β-unsaturated/α-hetero) is 1. The number of hydrogen-bond donors (Lipinski definition) is 0. The Balaban J connectivity index is 2.95. The maximum atomic E-state index is 10.6. The zero-order valence-electron chi connectivity index (χ0n) is 5.02. The van der Waals surface area contributed by atoms with Gasteiger partial charge in [-0.2, -0.15) is 0 Å². The van der Waals surface area contributed by atoms with E-state index in [0.29, 0.717) is 0 Å². The van der Waals surface area contributed by atoms with Crippen LogP contribution in [0.4, 0.5) is 0 Å². The Morgan fingerprint density at radius 3 is 2.50 bits per heavy atom. The van der Waals surface area contributed by atoms with Gasteiger partial charge in [-0.25, -0.2) is 9.97 Å². The fourth-order valence-electron chi connectivity index (χ4n) is 0.494. The standard InChI is InChI=1S/C6H4N2O2/c9-3-6(10)5-1-7-4-8-2-5/h1-4H. The van der Waals surface area contributed by atoms with Gasteiger partial charge in [-0.3, -0.25) is 9.59 Å². The van der Waals surface area contributed by atoms with Crippen molar-refractivity contribution >= 4 is 12.1 Å². The molecule has 0 N–H and O–H groups in total. The fraction of sp³-hybridized carbons (Fsp3) is 0. The average molecular weight is 136 g/mol. The molecule has 50 valence electrons. The Morgan fingerprint density at radius 1 is 1.40 bits per heavy atom. The molecule has 0 unspecified atom stereocenters. The van der Waals surface area contributed by atoms with Crippen LogP contribution in [0.1, 0.15) is 10.4 Å². The van der Waals surface area contributed by atoms with Gasteiger partial charge in [0.25, 0.3) is 0 Å². The molecule has 1 rings (SSSR count). The van der Waals surface area contributed by atoms with E-state index in [1.807, 2.05) is 0 Å². The highest BCUT2D eigenvalue weighted by Gasteiger charge is 2.01. The van der Waals surface area contributed by atoms with Crippen molar-refractivity contribution in [2.45, 2.75) is 0 Å². The maximum Gasteiger partial charge on any atom is 0.228 e. The smallest absolute Gasteiger partial charge is 0.228 e. The first-order valence-electron chi connectivity index (χ1n) is 2.59. The van der Waals surface area contributed by atoms with Crippen LogP contribution in [0.25, 0.3) is 0 Å². The summed E-state index contributed by atoms with van der Waals surface area (Å²) in [5.41, 5.74) is 0.220. The Bertz CT molecular complexity index is 245. The Hall–Kier alpha value is -1.58. The molecular weight excluding hydrogens is 132 g/mol. The number of aromatic nitrogens is 2. The molecule has 0 aliphatic carbocycles. The van der Waals surface area contributed by atoms with Crippen LogP contribution in [0.3, 0.4) is 0 Å². The van der Waals surface area contributed by atoms with Gasteiger partial charge in [0.15, 0.2) is 6.29 Å². The van der Waals surface area contributed by atoms with E-state index in [2.05, 4.69) is 9.97 Å². The molecule has 0 atom stereocenters. The first-order valence-corrected chi connectivity index (χ1v) is 2.59. The third-order valence-corrected chi connectivity index (χ3v) is 0.952. The number of hydrogen-bond acceptors (Lipinski definition) is 4. The van der Waals surface area contributed by atoms with Gasteiger partial charge in [0.2, 0.25) is 5.78 Å². The molecule has 0 aliphatic heterocycles. The van der Waals surface area contributed by atoms with Crippen LogP contribution in [0, 0.1) is 0 Å². The molecule has 0 aliphatic rings. The number of carbonyl (C=O) groups is 2. The molecule has 0 spiro atoms. The number of ketones is 1. The molecule has 0 fully saturated rings. The second-order valence-corrected chi connectivity index (χ2v) is 1.61. The topological polar surface area (TPSA) is 59.9 Å². The third kappa shape index (κ3) is 1.22. The predicted octanol–water partition coefficient (Wildman–Crippen LogP) is -0.142. The monoisotopic (exact) mass is 136 g/mol. The lowest BCUT2D eigenvalue weighted by molar-refractivity contribution is -0.104. The van der Waals surface area contributed by atoms with Crippen molar-refractivity contribution in [2.24, 2.45) is 0 Å². The van der Waals surface area contributed by atoms with Crippen LogP contribution in [0.15, 0.2) is 18.7 Å². The highest BCUT2D eigenvalue weighted by Crippen LogP contribution is 1.90. The van der Waals surface area contributed by atoms with Gasteiger partial charge in [0.1, 0.15) is 6.33 Å². The molecule has 0 saturated carbocycles. The summed E-state index contributed by atoms with van der Waals surface area (Å²) in [5, 5.41) is 0. The van der Waals surface area contributed by atoms with E-state index < -0.39 is 5.78 Å². The van der Waals surface area contributed by atoms with Gasteiger partial charge in [-0.1, -0.05) is 0 Å². The largest absolute Gasteiger partial charge is 0.294 e. The van der Waals surface area contributed by atoms with E-state index in [4.69, 9.17) is 0 Å². The zero-order valence-corrected chi connectivity index (χ0v) is 5.02. The van der Waals surface area contributed by atoms with Crippen LogP contribution >= 0.6 is 0 Å². The SMILES string of the molecule is O=CC(=O)c1cncnc1. The van der Waals surface area contributed by atoms with Crippen molar-refractivity contribution in [3.8, 4) is 0 Å². The summed E-state index contributed by atoms with van der Waals surface area (Å²) in [6.45, 7) is 0. The maximum absolute atomic E-state index is 10.6. The normalized spacial score (nSPS) is 8.80. The minimum atomic E-state index is -0.597. The summed E-state index contributed by atoms with van der Waals surface area (Å²) in [4.78, 5) is 27.6. The van der Waals surface area contributed by atoms with Crippen LogP contribution in [-0.2, 0) is 4.79 Å². The van der Waals surface area contributed by atoms with Gasteiger partial charge < -0.3 is 0 Å². The molecule has 4 nitrogen and oxygen atoms in total. The summed E-state index contributed by atoms with van der Waals surface area (Å²) in [6, 6.07) is 0. The summed E-state index contributed by atoms with van der Waals surface area (Å²) < 4.78 is 0. The Labute approximate surface area is 56.9 Å². The first-order chi connectivity index (χ1) is 4.84. The molecule has 10 heavy (non-hydrogen) atoms. The predicted molar refractivity (Wildman–Crippen MR) is 32.4 cm³/mol. The number of aldehydes is 1. The van der Waals surface area contributed by atoms with Crippen LogP contribution < -0.4 is 0 Å². The second-order valence-electron chi connectivity index (χ2n) is 1.61. The molecule has 0 radical (unpaired) electrons. The van der Waals surface area contributed by atoms with Gasteiger partial charge >= 0.3 is 0 Å². The number of rotatable bonds is 2. The molecule has 0 amide bonds. The molecule has 1 aromatic rings. The van der Waals surface area contributed by atoms with Crippen molar-refractivity contribution in [2.75, 3.05) is 0 Å². The van der Waals surface area contributed by atoms with Crippen LogP contribution in [-0.4, -0.2) is 22.0 Å². The van der Waals surface area contributed by atoms with E-state index in [9.17, 15) is 9.59 Å². The molecule has 1 heterocycles. The molecule has 1 aromatic heterocycles. The molecular formula is C6H4N2O2. The Morgan fingerprint density at radius 2 is 2.00 bits per heavy atom. The highest BCUT2D eigenvalue weighted by molar-refractivity contribution is 6.33. The van der Waals surface area contributed by atoms with E-state index in [1.165, 1.54) is 18.7 Å². The van der Waals surface area contributed by atoms with Crippen molar-refractivity contribution in [1.29, 1.82) is 0 Å². The summed E-state index contributed by atoms with van der Waals surface area (Å²) in [6.07, 6.45) is 4.12. The summed E-state index contributed by atoms with van der Waals surface area (Å²) >= 11 is 0. The summed E-state index contributed by atoms with van der Waals surface area (Å²) in [5.74, 6) is -0.597. The van der Waals surface area contributed by atoms with Gasteiger partial charge in [0.05, 0.1) is 5.56 Å². The lowest BCUT2D eigenvalue weighted by Gasteiger charge is -1.87. The zero-order chi connectivity index (χ0) is 7.40. The van der Waals surface area contributed by atoms with Gasteiger partial charge in [0, 0.05) is 12.4 Å². The van der Waals surface area contributed by atoms with Gasteiger partial charge in [-0.15, -0.1) is 0 Å². The van der Waals surface area contributed by atoms with E-state index in [0.717, 1.165) is 0 Å². The van der Waals surface area contributed by atoms with E-state index in [1.54, 1.807) is 0 Å². The molecule has 0 saturated heterocycles. The van der Waals surface area contributed by atoms with Crippen LogP contribution in [0.5, 0.6) is 0 Å². The van der Waals surface area contributed by atoms with Crippen molar-refractivity contribution in [1.82, 2.24) is 9.97 Å². The quantitative estimate of drug-likeness (QED) is 0.322. The molecule has 0 aromatic carbocycles. The molecule has 4 heteroatoms. The van der Waals surface area contributed by atoms with Gasteiger partial charge in [-0.05, 0) is 0 Å². The van der Waals surface area contributed by atoms with Crippen LogP contribution in [0.2, 0.25) is 0 Å². The number of nitrogens with zero attached hydrogens (tertiary/aromatic N) is 2. The number of carbonyl (C=O) groups excluding carboxylic acids is 2. The average Bonchev–Trinajstić information content (AvgIpc) is 2.05. The minimum absolute atomic E-state index is 0.220. The first kappa shape index (κ1) is 6.54. The lowest BCUT2D eigenvalue weighted by atomic mass is 10.2. The second kappa shape index (κ2) is 2.82. The fourth-order valence-corrected chi connectivity index (χ4v) is 0.494. The Kier molecular flexibility index (Phi) is 1.84. The minimum Gasteiger partial charge on any atom is -0.294 e. The molecule has 0 bridgehead atoms. The van der Waals surface area contributed by atoms with Crippen molar-refractivity contribution < 1.29 is 9.59 Å².